The second-order valence-electron chi connectivity index (χ2n) is 4.50. The van der Waals surface area contributed by atoms with Gasteiger partial charge in [0.2, 0.25) is 0 Å². The first-order chi connectivity index (χ1) is 6.07. The third-order valence-electron chi connectivity index (χ3n) is 2.43. The van der Waals surface area contributed by atoms with E-state index in [0.717, 1.165) is 0 Å². The Morgan fingerprint density at radius 3 is 2.15 bits per heavy atom. The molecule has 1 aromatic carbocycles. The zero-order chi connectivity index (χ0) is 9.47. The highest BCUT2D eigenvalue weighted by atomic mass is 127. The number of benzene rings is 1. The van der Waals surface area contributed by atoms with Crippen molar-refractivity contribution in [1.82, 2.24) is 0 Å². The Bertz CT molecular complexity index is 294. The van der Waals surface area contributed by atoms with E-state index in [1.165, 1.54) is 22.3 Å². The first-order valence-electron chi connectivity index (χ1n) is 4.57. The van der Waals surface area contributed by atoms with Crippen molar-refractivity contribution >= 4 is 28.3 Å². The third kappa shape index (κ3) is 1.98. The molecule has 0 unspecified atom stereocenters. The Labute approximate surface area is 93.3 Å². The van der Waals surface area contributed by atoms with E-state index in [4.69, 9.17) is 0 Å². The van der Waals surface area contributed by atoms with Crippen LogP contribution >= 0.6 is 22.6 Å². The van der Waals surface area contributed by atoms with Crippen LogP contribution in [-0.2, 0) is 0 Å². The van der Waals surface area contributed by atoms with Crippen molar-refractivity contribution in [3.05, 3.63) is 27.8 Å². The van der Waals surface area contributed by atoms with Crippen LogP contribution in [0.1, 0.15) is 13.8 Å². The average molecular weight is 287 g/mol. The maximum absolute atomic E-state index is 2.43. The van der Waals surface area contributed by atoms with Gasteiger partial charge in [0.1, 0.15) is 0 Å². The summed E-state index contributed by atoms with van der Waals surface area (Å²) < 4.78 is 1.31. The molecule has 0 aliphatic carbocycles. The summed E-state index contributed by atoms with van der Waals surface area (Å²) in [6.07, 6.45) is 0. The van der Waals surface area contributed by atoms with Crippen LogP contribution in [0.3, 0.4) is 0 Å². The van der Waals surface area contributed by atoms with Gasteiger partial charge in [-0.2, -0.15) is 0 Å². The van der Waals surface area contributed by atoms with E-state index in [-0.39, 0.29) is 0 Å². The van der Waals surface area contributed by atoms with Crippen molar-refractivity contribution in [2.24, 2.45) is 5.41 Å². The van der Waals surface area contributed by atoms with Gasteiger partial charge < -0.3 is 4.90 Å². The summed E-state index contributed by atoms with van der Waals surface area (Å²) in [5.41, 5.74) is 1.88. The van der Waals surface area contributed by atoms with Gasteiger partial charge in [0.25, 0.3) is 0 Å². The Morgan fingerprint density at radius 2 is 1.69 bits per heavy atom. The summed E-state index contributed by atoms with van der Waals surface area (Å²) >= 11 is 2.34. The predicted octanol–water partition coefficient (Wildman–Crippen LogP) is 3.14. The first-order valence-corrected chi connectivity index (χ1v) is 5.65. The lowest BCUT2D eigenvalue weighted by molar-refractivity contribution is 0.276. The Kier molecular flexibility index (Phi) is 2.26. The normalized spacial score (nSPS) is 19.8. The first kappa shape index (κ1) is 9.31. The van der Waals surface area contributed by atoms with E-state index in [9.17, 15) is 0 Å². The number of rotatable bonds is 1. The minimum atomic E-state index is 0.517. The third-order valence-corrected chi connectivity index (χ3v) is 3.15. The average Bonchev–Trinajstić information content (AvgIpc) is 2.01. The van der Waals surface area contributed by atoms with E-state index < -0.39 is 0 Å². The highest BCUT2D eigenvalue weighted by Crippen LogP contribution is 2.33. The molecule has 0 amide bonds. The minimum absolute atomic E-state index is 0.517. The second kappa shape index (κ2) is 3.15. The molecule has 1 aliphatic rings. The van der Waals surface area contributed by atoms with E-state index in [2.05, 4.69) is 65.6 Å². The number of halogens is 1. The maximum Gasteiger partial charge on any atom is 0.0367 e. The zero-order valence-electron chi connectivity index (χ0n) is 8.05. The molecule has 1 heterocycles. The highest BCUT2D eigenvalue weighted by Gasteiger charge is 2.33. The van der Waals surface area contributed by atoms with Crippen molar-refractivity contribution < 1.29 is 0 Å². The molecule has 0 spiro atoms. The summed E-state index contributed by atoms with van der Waals surface area (Å²) in [4.78, 5) is 2.43. The quantitative estimate of drug-likeness (QED) is 0.717. The van der Waals surface area contributed by atoms with E-state index >= 15 is 0 Å². The molecule has 1 nitrogen and oxygen atoms in total. The van der Waals surface area contributed by atoms with Crippen LogP contribution in [0.15, 0.2) is 24.3 Å². The van der Waals surface area contributed by atoms with Crippen LogP contribution in [0.4, 0.5) is 5.69 Å². The SMILES string of the molecule is CC1(C)CN(c2ccc(I)cc2)C1. The standard InChI is InChI=1S/C11H14IN/c1-11(2)7-13(8-11)10-5-3-9(12)4-6-10/h3-6H,7-8H2,1-2H3. The molecular formula is C11H14IN. The van der Waals surface area contributed by atoms with Crippen LogP contribution < -0.4 is 4.90 Å². The molecule has 0 saturated carbocycles. The number of hydrogen-bond donors (Lipinski definition) is 0. The number of anilines is 1. The minimum Gasteiger partial charge on any atom is -0.370 e. The van der Waals surface area contributed by atoms with Gasteiger partial charge >= 0.3 is 0 Å². The molecule has 2 heteroatoms. The second-order valence-corrected chi connectivity index (χ2v) is 5.74. The van der Waals surface area contributed by atoms with Crippen LogP contribution in [-0.4, -0.2) is 13.1 Å². The van der Waals surface area contributed by atoms with Crippen molar-refractivity contribution in [2.45, 2.75) is 13.8 Å². The van der Waals surface area contributed by atoms with Gasteiger partial charge in [-0.1, -0.05) is 13.8 Å². The van der Waals surface area contributed by atoms with Gasteiger partial charge in [-0.15, -0.1) is 0 Å². The lowest BCUT2D eigenvalue weighted by Crippen LogP contribution is -2.53. The molecular weight excluding hydrogens is 273 g/mol. The lowest BCUT2D eigenvalue weighted by Gasteiger charge is -2.47. The molecule has 13 heavy (non-hydrogen) atoms. The summed E-state index contributed by atoms with van der Waals surface area (Å²) in [6, 6.07) is 8.75. The number of nitrogens with zero attached hydrogens (tertiary/aromatic N) is 1. The fraction of sp³-hybridized carbons (Fsp3) is 0.455. The molecule has 0 N–H and O–H groups in total. The maximum atomic E-state index is 2.43. The van der Waals surface area contributed by atoms with E-state index in [1.807, 2.05) is 0 Å². The predicted molar refractivity (Wildman–Crippen MR) is 65.2 cm³/mol. The topological polar surface area (TPSA) is 3.24 Å². The van der Waals surface area contributed by atoms with Crippen molar-refractivity contribution in [3.63, 3.8) is 0 Å². The highest BCUT2D eigenvalue weighted by molar-refractivity contribution is 14.1. The lowest BCUT2D eigenvalue weighted by atomic mass is 9.84. The molecule has 0 radical (unpaired) electrons. The van der Waals surface area contributed by atoms with Crippen molar-refractivity contribution in [3.8, 4) is 0 Å². The Hall–Kier alpha value is -0.250. The van der Waals surface area contributed by atoms with Crippen LogP contribution in [0.25, 0.3) is 0 Å². The van der Waals surface area contributed by atoms with Gasteiger partial charge in [0, 0.05) is 22.3 Å². The Morgan fingerprint density at radius 1 is 1.15 bits per heavy atom. The largest absolute Gasteiger partial charge is 0.370 e. The van der Waals surface area contributed by atoms with Crippen LogP contribution in [0, 0.1) is 8.99 Å². The van der Waals surface area contributed by atoms with Gasteiger partial charge in [-0.05, 0) is 52.3 Å². The fourth-order valence-corrected chi connectivity index (χ4v) is 2.18. The molecule has 0 bridgehead atoms. The van der Waals surface area contributed by atoms with Gasteiger partial charge in [0.15, 0.2) is 0 Å². The van der Waals surface area contributed by atoms with Gasteiger partial charge in [0.05, 0.1) is 0 Å². The van der Waals surface area contributed by atoms with E-state index in [1.54, 1.807) is 0 Å². The fourth-order valence-electron chi connectivity index (χ4n) is 1.82. The molecule has 1 fully saturated rings. The molecule has 0 atom stereocenters. The van der Waals surface area contributed by atoms with Crippen molar-refractivity contribution in [1.29, 1.82) is 0 Å². The van der Waals surface area contributed by atoms with Crippen LogP contribution in [0.2, 0.25) is 0 Å². The molecule has 1 aliphatic heterocycles. The smallest absolute Gasteiger partial charge is 0.0367 e. The van der Waals surface area contributed by atoms with Crippen LogP contribution in [0.5, 0.6) is 0 Å². The molecule has 0 aromatic heterocycles. The summed E-state index contributed by atoms with van der Waals surface area (Å²) in [6.45, 7) is 7.01. The van der Waals surface area contributed by atoms with Gasteiger partial charge in [-0.3, -0.25) is 0 Å². The molecule has 1 saturated heterocycles. The molecule has 70 valence electrons. The van der Waals surface area contributed by atoms with E-state index in [0.29, 0.717) is 5.41 Å². The van der Waals surface area contributed by atoms with Crippen molar-refractivity contribution in [2.75, 3.05) is 18.0 Å². The zero-order valence-corrected chi connectivity index (χ0v) is 10.2. The number of hydrogen-bond acceptors (Lipinski definition) is 1. The molecule has 2 rings (SSSR count). The summed E-state index contributed by atoms with van der Waals surface area (Å²) in [7, 11) is 0. The van der Waals surface area contributed by atoms with Gasteiger partial charge in [-0.25, -0.2) is 0 Å². The monoisotopic (exact) mass is 287 g/mol. The Balaban J connectivity index is 2.08. The summed E-state index contributed by atoms with van der Waals surface area (Å²) in [5, 5.41) is 0. The molecule has 1 aromatic rings. The summed E-state index contributed by atoms with van der Waals surface area (Å²) in [5.74, 6) is 0.